The molecule has 20 heavy (non-hydrogen) atoms. The van der Waals surface area contributed by atoms with Gasteiger partial charge in [-0.1, -0.05) is 0 Å². The van der Waals surface area contributed by atoms with Gasteiger partial charge in [0.15, 0.2) is 5.13 Å². The fourth-order valence-corrected chi connectivity index (χ4v) is 3.39. The van der Waals surface area contributed by atoms with Crippen LogP contribution in [0, 0.1) is 6.92 Å². The van der Waals surface area contributed by atoms with Crippen LogP contribution >= 0.6 is 11.3 Å². The van der Waals surface area contributed by atoms with E-state index < -0.39 is 11.7 Å². The van der Waals surface area contributed by atoms with Gasteiger partial charge in [-0.2, -0.15) is 0 Å². The van der Waals surface area contributed by atoms with Crippen molar-refractivity contribution in [2.24, 2.45) is 0 Å². The molecule has 0 saturated carbocycles. The van der Waals surface area contributed by atoms with Gasteiger partial charge in [0, 0.05) is 17.3 Å². The van der Waals surface area contributed by atoms with Crippen LogP contribution in [0.5, 0.6) is 0 Å². The SMILES string of the molecule is Cc1nc(NC(=O)OC(C)(C)C)sc1C1CCCNC1. The fraction of sp³-hybridized carbons (Fsp3) is 0.714. The molecular weight excluding hydrogens is 274 g/mol. The highest BCUT2D eigenvalue weighted by molar-refractivity contribution is 7.16. The second-order valence-corrected chi connectivity index (χ2v) is 7.17. The number of ether oxygens (including phenoxy) is 1. The number of aromatic nitrogens is 1. The Balaban J connectivity index is 2.01. The van der Waals surface area contributed by atoms with Crippen LogP contribution < -0.4 is 10.6 Å². The van der Waals surface area contributed by atoms with Crippen LogP contribution in [0.4, 0.5) is 9.93 Å². The molecule has 0 aliphatic carbocycles. The van der Waals surface area contributed by atoms with Gasteiger partial charge in [-0.15, -0.1) is 11.3 Å². The summed E-state index contributed by atoms with van der Waals surface area (Å²) in [4.78, 5) is 17.4. The maximum absolute atomic E-state index is 11.7. The van der Waals surface area contributed by atoms with Crippen molar-refractivity contribution >= 4 is 22.6 Å². The monoisotopic (exact) mass is 297 g/mol. The zero-order valence-electron chi connectivity index (χ0n) is 12.6. The lowest BCUT2D eigenvalue weighted by molar-refractivity contribution is 0.0636. The van der Waals surface area contributed by atoms with E-state index in [1.807, 2.05) is 27.7 Å². The number of rotatable bonds is 2. The van der Waals surface area contributed by atoms with Gasteiger partial charge in [0.05, 0.1) is 5.69 Å². The van der Waals surface area contributed by atoms with Crippen molar-refractivity contribution in [1.29, 1.82) is 0 Å². The van der Waals surface area contributed by atoms with Crippen LogP contribution in [0.3, 0.4) is 0 Å². The number of anilines is 1. The number of carbonyl (C=O) groups excluding carboxylic acids is 1. The molecule has 1 unspecified atom stereocenters. The van der Waals surface area contributed by atoms with Crippen molar-refractivity contribution in [3.8, 4) is 0 Å². The Bertz CT molecular complexity index is 473. The highest BCUT2D eigenvalue weighted by atomic mass is 32.1. The van der Waals surface area contributed by atoms with E-state index >= 15 is 0 Å². The van der Waals surface area contributed by atoms with Crippen molar-refractivity contribution in [2.45, 2.75) is 52.1 Å². The highest BCUT2D eigenvalue weighted by Gasteiger charge is 2.22. The summed E-state index contributed by atoms with van der Waals surface area (Å²) in [6.07, 6.45) is 1.93. The Labute approximate surface area is 124 Å². The lowest BCUT2D eigenvalue weighted by Crippen LogP contribution is -2.28. The van der Waals surface area contributed by atoms with Gasteiger partial charge in [0.2, 0.25) is 0 Å². The molecule has 0 aromatic carbocycles. The van der Waals surface area contributed by atoms with E-state index in [1.54, 1.807) is 11.3 Å². The number of piperidine rings is 1. The fourth-order valence-electron chi connectivity index (χ4n) is 2.31. The van der Waals surface area contributed by atoms with Gasteiger partial charge in [-0.3, -0.25) is 5.32 Å². The molecule has 1 fully saturated rings. The Morgan fingerprint density at radius 3 is 2.85 bits per heavy atom. The number of nitrogens with one attached hydrogen (secondary N) is 2. The summed E-state index contributed by atoms with van der Waals surface area (Å²) in [5, 5.41) is 6.76. The summed E-state index contributed by atoms with van der Waals surface area (Å²) in [7, 11) is 0. The molecule has 0 spiro atoms. The maximum atomic E-state index is 11.7. The second-order valence-electron chi connectivity index (χ2n) is 6.14. The van der Waals surface area contributed by atoms with E-state index in [4.69, 9.17) is 4.74 Å². The van der Waals surface area contributed by atoms with Crippen LogP contribution in [-0.2, 0) is 4.74 Å². The molecular formula is C14H23N3O2S. The molecule has 5 nitrogen and oxygen atoms in total. The van der Waals surface area contributed by atoms with E-state index in [2.05, 4.69) is 15.6 Å². The molecule has 1 aromatic rings. The Hall–Kier alpha value is -1.14. The molecule has 2 N–H and O–H groups in total. The number of thiazole rings is 1. The van der Waals surface area contributed by atoms with E-state index in [9.17, 15) is 4.79 Å². The first-order valence-corrected chi connectivity index (χ1v) is 7.85. The molecule has 112 valence electrons. The average Bonchev–Trinajstić information content (AvgIpc) is 2.68. The molecule has 0 bridgehead atoms. The van der Waals surface area contributed by atoms with Crippen LogP contribution in [0.2, 0.25) is 0 Å². The van der Waals surface area contributed by atoms with Crippen LogP contribution in [0.15, 0.2) is 0 Å². The zero-order chi connectivity index (χ0) is 14.8. The smallest absolute Gasteiger partial charge is 0.413 e. The number of carbonyl (C=O) groups is 1. The number of hydrogen-bond donors (Lipinski definition) is 2. The average molecular weight is 297 g/mol. The summed E-state index contributed by atoms with van der Waals surface area (Å²) in [5.74, 6) is 0.510. The molecule has 1 amide bonds. The lowest BCUT2D eigenvalue weighted by Gasteiger charge is -2.21. The Morgan fingerprint density at radius 1 is 1.50 bits per heavy atom. The molecule has 1 atom stereocenters. The van der Waals surface area contributed by atoms with Gasteiger partial charge >= 0.3 is 6.09 Å². The first kappa shape index (κ1) is 15.3. The van der Waals surface area contributed by atoms with E-state index in [1.165, 1.54) is 17.7 Å². The van der Waals surface area contributed by atoms with E-state index in [-0.39, 0.29) is 0 Å². The number of hydrogen-bond acceptors (Lipinski definition) is 5. The van der Waals surface area contributed by atoms with Crippen molar-refractivity contribution in [3.05, 3.63) is 10.6 Å². The Kier molecular flexibility index (Phi) is 4.65. The van der Waals surface area contributed by atoms with Crippen molar-refractivity contribution in [1.82, 2.24) is 10.3 Å². The van der Waals surface area contributed by atoms with Gasteiger partial charge < -0.3 is 10.1 Å². The summed E-state index contributed by atoms with van der Waals surface area (Å²) in [6, 6.07) is 0. The first-order valence-electron chi connectivity index (χ1n) is 7.03. The summed E-state index contributed by atoms with van der Waals surface area (Å²) >= 11 is 1.56. The molecule has 1 aromatic heterocycles. The van der Waals surface area contributed by atoms with Crippen molar-refractivity contribution in [2.75, 3.05) is 18.4 Å². The van der Waals surface area contributed by atoms with Crippen LogP contribution in [0.25, 0.3) is 0 Å². The van der Waals surface area contributed by atoms with Gasteiger partial charge in [-0.05, 0) is 47.1 Å². The normalized spacial score (nSPS) is 19.7. The third-order valence-corrected chi connectivity index (χ3v) is 4.34. The number of nitrogens with zero attached hydrogens (tertiary/aromatic N) is 1. The summed E-state index contributed by atoms with van der Waals surface area (Å²) in [5.41, 5.74) is 0.515. The maximum Gasteiger partial charge on any atom is 0.413 e. The van der Waals surface area contributed by atoms with Crippen molar-refractivity contribution in [3.63, 3.8) is 0 Å². The van der Waals surface area contributed by atoms with Gasteiger partial charge in [-0.25, -0.2) is 9.78 Å². The number of amides is 1. The third kappa shape index (κ3) is 4.18. The molecule has 1 saturated heterocycles. The van der Waals surface area contributed by atoms with E-state index in [0.29, 0.717) is 11.0 Å². The second kappa shape index (κ2) is 6.10. The van der Waals surface area contributed by atoms with Gasteiger partial charge in [0.25, 0.3) is 0 Å². The van der Waals surface area contributed by atoms with Crippen LogP contribution in [-0.4, -0.2) is 29.8 Å². The Morgan fingerprint density at radius 2 is 2.25 bits per heavy atom. The van der Waals surface area contributed by atoms with Crippen LogP contribution in [0.1, 0.15) is 50.1 Å². The predicted molar refractivity (Wildman–Crippen MR) is 81.6 cm³/mol. The minimum Gasteiger partial charge on any atom is -0.444 e. The minimum absolute atomic E-state index is 0.445. The number of aryl methyl sites for hydroxylation is 1. The molecule has 1 aliphatic heterocycles. The lowest BCUT2D eigenvalue weighted by atomic mass is 9.97. The largest absolute Gasteiger partial charge is 0.444 e. The van der Waals surface area contributed by atoms with E-state index in [0.717, 1.165) is 18.8 Å². The molecule has 2 heterocycles. The zero-order valence-corrected chi connectivity index (χ0v) is 13.4. The van der Waals surface area contributed by atoms with Crippen molar-refractivity contribution < 1.29 is 9.53 Å². The van der Waals surface area contributed by atoms with Gasteiger partial charge in [0.1, 0.15) is 5.60 Å². The first-order chi connectivity index (χ1) is 9.35. The summed E-state index contributed by atoms with van der Waals surface area (Å²) in [6.45, 7) is 9.63. The summed E-state index contributed by atoms with van der Waals surface area (Å²) < 4.78 is 5.24. The molecule has 6 heteroatoms. The molecule has 0 radical (unpaired) electrons. The molecule has 2 rings (SSSR count). The molecule has 1 aliphatic rings. The predicted octanol–water partition coefficient (Wildman–Crippen LogP) is 3.27. The minimum atomic E-state index is -0.494. The topological polar surface area (TPSA) is 63.2 Å². The third-order valence-electron chi connectivity index (χ3n) is 3.11. The standard InChI is InChI=1S/C14H23N3O2S/c1-9-11(10-6-5-7-15-8-10)20-12(16-9)17-13(18)19-14(2,3)4/h10,15H,5-8H2,1-4H3,(H,16,17,18). The quantitative estimate of drug-likeness (QED) is 0.879. The highest BCUT2D eigenvalue weighted by Crippen LogP contribution is 2.33.